The molecule has 2 aliphatic rings. The summed E-state index contributed by atoms with van der Waals surface area (Å²) in [6.45, 7) is 3.90. The van der Waals surface area contributed by atoms with E-state index in [2.05, 4.69) is 20.3 Å². The smallest absolute Gasteiger partial charge is 0.321 e. The number of nitrogens with zero attached hydrogens (tertiary/aromatic N) is 5. The van der Waals surface area contributed by atoms with Crippen LogP contribution in [0.25, 0.3) is 15.5 Å². The van der Waals surface area contributed by atoms with Crippen LogP contribution in [0.5, 0.6) is 11.5 Å². The molecule has 6 rings (SSSR count). The molecule has 2 aromatic heterocycles. The van der Waals surface area contributed by atoms with Gasteiger partial charge in [0.2, 0.25) is 4.96 Å². The van der Waals surface area contributed by atoms with Crippen molar-refractivity contribution in [2.75, 3.05) is 44.7 Å². The average Bonchev–Trinajstić information content (AvgIpc) is 3.34. The summed E-state index contributed by atoms with van der Waals surface area (Å²) in [7, 11) is 0. The number of fused-ring (bicyclic) bond motifs is 2. The minimum absolute atomic E-state index is 0.174. The SMILES string of the molecule is O=C(Nc1ccc2c(c1)OCCO2)N1CCN(Cc2cc(=O)n3nc(-c4ccc(F)cc4)sc3n2)CC1. The second kappa shape index (κ2) is 9.79. The molecule has 0 atom stereocenters. The number of carbonyl (C=O) groups is 1. The van der Waals surface area contributed by atoms with E-state index in [-0.39, 0.29) is 17.4 Å². The van der Waals surface area contributed by atoms with E-state index in [0.29, 0.717) is 78.8 Å². The van der Waals surface area contributed by atoms with Crippen molar-refractivity contribution >= 4 is 28.0 Å². The van der Waals surface area contributed by atoms with Gasteiger partial charge in [0.05, 0.1) is 5.69 Å². The van der Waals surface area contributed by atoms with Crippen LogP contribution in [-0.2, 0) is 6.54 Å². The normalized spacial score (nSPS) is 15.6. The number of urea groups is 1. The molecule has 12 heteroatoms. The lowest BCUT2D eigenvalue weighted by Gasteiger charge is -2.34. The number of aromatic nitrogens is 3. The largest absolute Gasteiger partial charge is 0.486 e. The molecule has 0 saturated carbocycles. The van der Waals surface area contributed by atoms with E-state index in [4.69, 9.17) is 9.47 Å². The summed E-state index contributed by atoms with van der Waals surface area (Å²) >= 11 is 1.28. The van der Waals surface area contributed by atoms with Gasteiger partial charge in [-0.15, -0.1) is 0 Å². The maximum absolute atomic E-state index is 13.2. The molecule has 10 nitrogen and oxygen atoms in total. The first-order valence-electron chi connectivity index (χ1n) is 11.9. The molecule has 0 aliphatic carbocycles. The van der Waals surface area contributed by atoms with Crippen molar-refractivity contribution in [2.24, 2.45) is 0 Å². The van der Waals surface area contributed by atoms with Crippen LogP contribution in [0.2, 0.25) is 0 Å². The van der Waals surface area contributed by atoms with Crippen LogP contribution in [0.15, 0.2) is 53.3 Å². The van der Waals surface area contributed by atoms with E-state index < -0.39 is 0 Å². The zero-order valence-electron chi connectivity index (χ0n) is 19.7. The summed E-state index contributed by atoms with van der Waals surface area (Å²) in [5, 5.41) is 7.87. The predicted molar refractivity (Wildman–Crippen MR) is 136 cm³/mol. The molecule has 37 heavy (non-hydrogen) atoms. The van der Waals surface area contributed by atoms with E-state index in [1.807, 2.05) is 0 Å². The van der Waals surface area contributed by atoms with E-state index >= 15 is 0 Å². The van der Waals surface area contributed by atoms with Gasteiger partial charge in [0.25, 0.3) is 5.56 Å². The van der Waals surface area contributed by atoms with Crippen LogP contribution in [0.3, 0.4) is 0 Å². The van der Waals surface area contributed by atoms with Gasteiger partial charge in [0, 0.05) is 56.1 Å². The highest BCUT2D eigenvalue weighted by Gasteiger charge is 2.23. The molecule has 0 radical (unpaired) electrons. The van der Waals surface area contributed by atoms with E-state index in [1.165, 1.54) is 34.1 Å². The molecular formula is C25H23FN6O4S. The van der Waals surface area contributed by atoms with Crippen molar-refractivity contribution in [3.8, 4) is 22.1 Å². The number of anilines is 1. The highest BCUT2D eigenvalue weighted by Crippen LogP contribution is 2.32. The number of hydrogen-bond donors (Lipinski definition) is 1. The van der Waals surface area contributed by atoms with Gasteiger partial charge >= 0.3 is 6.03 Å². The summed E-state index contributed by atoms with van der Waals surface area (Å²) in [4.78, 5) is 34.5. The van der Waals surface area contributed by atoms with Crippen molar-refractivity contribution < 1.29 is 18.7 Å². The Labute approximate surface area is 214 Å². The Morgan fingerprint density at radius 3 is 2.54 bits per heavy atom. The Kier molecular flexibility index (Phi) is 6.18. The fourth-order valence-corrected chi connectivity index (χ4v) is 5.24. The van der Waals surface area contributed by atoms with Gasteiger partial charge in [-0.25, -0.2) is 14.2 Å². The Morgan fingerprint density at radius 1 is 1.00 bits per heavy atom. The van der Waals surface area contributed by atoms with Crippen LogP contribution in [0, 0.1) is 5.82 Å². The van der Waals surface area contributed by atoms with Gasteiger partial charge < -0.3 is 19.7 Å². The molecule has 4 aromatic rings. The van der Waals surface area contributed by atoms with E-state index in [1.54, 1.807) is 35.2 Å². The predicted octanol–water partition coefficient (Wildman–Crippen LogP) is 3.08. The number of rotatable bonds is 4. The lowest BCUT2D eigenvalue weighted by molar-refractivity contribution is 0.142. The molecule has 0 unspecified atom stereocenters. The second-order valence-electron chi connectivity index (χ2n) is 8.75. The summed E-state index contributed by atoms with van der Waals surface area (Å²) in [6.07, 6.45) is 0. The van der Waals surface area contributed by atoms with Gasteiger partial charge in [-0.2, -0.15) is 9.61 Å². The molecule has 2 amide bonds. The Bertz CT molecular complexity index is 1510. The van der Waals surface area contributed by atoms with E-state index in [0.717, 1.165) is 5.56 Å². The molecule has 190 valence electrons. The zero-order valence-corrected chi connectivity index (χ0v) is 20.5. The number of amides is 2. The first-order chi connectivity index (χ1) is 18.0. The quantitative estimate of drug-likeness (QED) is 0.440. The summed E-state index contributed by atoms with van der Waals surface area (Å²) < 4.78 is 25.6. The summed E-state index contributed by atoms with van der Waals surface area (Å²) in [5.74, 6) is 0.970. The molecule has 2 aliphatic heterocycles. The first-order valence-corrected chi connectivity index (χ1v) is 12.7. The molecule has 1 saturated heterocycles. The Morgan fingerprint density at radius 2 is 1.76 bits per heavy atom. The summed E-state index contributed by atoms with van der Waals surface area (Å²) in [5.41, 5.74) is 1.76. The number of ether oxygens (including phenoxy) is 2. The van der Waals surface area contributed by atoms with Gasteiger partial charge in [-0.1, -0.05) is 11.3 Å². The lowest BCUT2D eigenvalue weighted by atomic mass is 10.2. The van der Waals surface area contributed by atoms with E-state index in [9.17, 15) is 14.0 Å². The van der Waals surface area contributed by atoms with Crippen LogP contribution >= 0.6 is 11.3 Å². The van der Waals surface area contributed by atoms with Crippen molar-refractivity contribution in [1.82, 2.24) is 24.4 Å². The number of benzene rings is 2. The maximum Gasteiger partial charge on any atom is 0.321 e. The minimum Gasteiger partial charge on any atom is -0.486 e. The van der Waals surface area contributed by atoms with Gasteiger partial charge in [0.15, 0.2) is 11.5 Å². The Hall–Kier alpha value is -4.03. The van der Waals surface area contributed by atoms with Crippen LogP contribution in [0.1, 0.15) is 5.69 Å². The molecule has 0 spiro atoms. The van der Waals surface area contributed by atoms with Gasteiger partial charge in [0.1, 0.15) is 24.0 Å². The monoisotopic (exact) mass is 522 g/mol. The molecular weight excluding hydrogens is 499 g/mol. The minimum atomic E-state index is -0.330. The number of piperazine rings is 1. The lowest BCUT2D eigenvalue weighted by Crippen LogP contribution is -2.49. The topological polar surface area (TPSA) is 101 Å². The van der Waals surface area contributed by atoms with Gasteiger partial charge in [-0.3, -0.25) is 9.69 Å². The molecule has 2 aromatic carbocycles. The van der Waals surface area contributed by atoms with Crippen LogP contribution in [0.4, 0.5) is 14.9 Å². The third-order valence-electron chi connectivity index (χ3n) is 6.23. The number of nitrogens with one attached hydrogen (secondary N) is 1. The zero-order chi connectivity index (χ0) is 25.4. The summed E-state index contributed by atoms with van der Waals surface area (Å²) in [6, 6.07) is 12.6. The molecule has 1 fully saturated rings. The average molecular weight is 523 g/mol. The van der Waals surface area contributed by atoms with Crippen molar-refractivity contribution in [1.29, 1.82) is 0 Å². The van der Waals surface area contributed by atoms with Crippen molar-refractivity contribution in [3.05, 3.63) is 70.4 Å². The standard InChI is InChI=1S/C25H23FN6O4S/c26-17-3-1-16(2-4-17)23-29-32-22(33)14-19(28-25(32)37-23)15-30-7-9-31(10-8-30)24(34)27-18-5-6-20-21(13-18)36-12-11-35-20/h1-6,13-14H,7-12,15H2,(H,27,34). The first kappa shape index (κ1) is 23.4. The second-order valence-corrected chi connectivity index (χ2v) is 9.70. The fraction of sp³-hybridized carbons (Fsp3) is 0.280. The van der Waals surface area contributed by atoms with Crippen LogP contribution < -0.4 is 20.3 Å². The highest BCUT2D eigenvalue weighted by atomic mass is 32.1. The van der Waals surface area contributed by atoms with Gasteiger partial charge in [-0.05, 0) is 36.4 Å². The molecule has 0 bridgehead atoms. The molecule has 1 N–H and O–H groups in total. The maximum atomic E-state index is 13.2. The van der Waals surface area contributed by atoms with Crippen LogP contribution in [-0.4, -0.2) is 69.8 Å². The third kappa shape index (κ3) is 4.98. The third-order valence-corrected chi connectivity index (χ3v) is 7.19. The van der Waals surface area contributed by atoms with Crippen molar-refractivity contribution in [3.63, 3.8) is 0 Å². The number of hydrogen-bond acceptors (Lipinski definition) is 8. The Balaban J connectivity index is 1.08. The fourth-order valence-electron chi connectivity index (χ4n) is 4.31. The number of halogens is 1. The molecule has 4 heterocycles. The van der Waals surface area contributed by atoms with Crippen molar-refractivity contribution in [2.45, 2.75) is 6.54 Å². The number of carbonyl (C=O) groups excluding carboxylic acids is 1. The highest BCUT2D eigenvalue weighted by molar-refractivity contribution is 7.19.